The van der Waals surface area contributed by atoms with Crippen molar-refractivity contribution in [3.63, 3.8) is 0 Å². The van der Waals surface area contributed by atoms with Gasteiger partial charge in [-0.25, -0.2) is 0 Å². The highest BCUT2D eigenvalue weighted by atomic mass is 16.5. The van der Waals surface area contributed by atoms with E-state index in [2.05, 4.69) is 5.32 Å². The predicted molar refractivity (Wildman–Crippen MR) is 111 cm³/mol. The van der Waals surface area contributed by atoms with E-state index < -0.39 is 0 Å². The first-order chi connectivity index (χ1) is 14.2. The van der Waals surface area contributed by atoms with E-state index in [9.17, 15) is 9.59 Å². The second-order valence-corrected chi connectivity index (χ2v) is 7.13. The molecule has 0 radical (unpaired) electrons. The number of benzene rings is 2. The van der Waals surface area contributed by atoms with E-state index in [4.69, 9.17) is 9.47 Å². The minimum atomic E-state index is 0.0236. The van der Waals surface area contributed by atoms with Crippen molar-refractivity contribution in [2.45, 2.75) is 31.7 Å². The van der Waals surface area contributed by atoms with Crippen LogP contribution in [0.3, 0.4) is 0 Å². The number of likely N-dealkylation sites (tertiary alicyclic amines) is 1. The molecule has 2 aromatic carbocycles. The molecule has 29 heavy (non-hydrogen) atoms. The van der Waals surface area contributed by atoms with Crippen molar-refractivity contribution in [3.05, 3.63) is 60.2 Å². The van der Waals surface area contributed by atoms with E-state index in [1.165, 1.54) is 0 Å². The zero-order chi connectivity index (χ0) is 20.5. The van der Waals surface area contributed by atoms with Gasteiger partial charge in [-0.2, -0.15) is 0 Å². The summed E-state index contributed by atoms with van der Waals surface area (Å²) in [5.74, 6) is 1.62. The van der Waals surface area contributed by atoms with E-state index >= 15 is 0 Å². The summed E-state index contributed by atoms with van der Waals surface area (Å²) in [5.41, 5.74) is 0.659. The first kappa shape index (κ1) is 20.7. The van der Waals surface area contributed by atoms with Crippen molar-refractivity contribution in [3.8, 4) is 11.5 Å². The lowest BCUT2D eigenvalue weighted by molar-refractivity contribution is -0.122. The molecular weight excluding hydrogens is 368 g/mol. The zero-order valence-electron chi connectivity index (χ0n) is 16.8. The Hall–Kier alpha value is -3.02. The topological polar surface area (TPSA) is 67.9 Å². The minimum Gasteiger partial charge on any atom is -0.497 e. The molecule has 0 bridgehead atoms. The maximum Gasteiger partial charge on any atom is 0.253 e. The monoisotopic (exact) mass is 396 g/mol. The van der Waals surface area contributed by atoms with Crippen LogP contribution in [-0.4, -0.2) is 49.6 Å². The maximum atomic E-state index is 12.6. The number of ether oxygens (including phenoxy) is 2. The lowest BCUT2D eigenvalue weighted by Gasteiger charge is -2.32. The summed E-state index contributed by atoms with van der Waals surface area (Å²) >= 11 is 0. The number of hydrogen-bond donors (Lipinski definition) is 1. The van der Waals surface area contributed by atoms with Crippen molar-refractivity contribution in [2.24, 2.45) is 0 Å². The van der Waals surface area contributed by atoms with Crippen molar-refractivity contribution in [1.82, 2.24) is 10.2 Å². The quantitative estimate of drug-likeness (QED) is 0.696. The number of rotatable bonds is 8. The molecule has 0 aromatic heterocycles. The third kappa shape index (κ3) is 6.24. The van der Waals surface area contributed by atoms with Gasteiger partial charge in [0.15, 0.2) is 0 Å². The molecule has 1 aliphatic heterocycles. The number of hydrogen-bond acceptors (Lipinski definition) is 4. The molecule has 0 atom stereocenters. The number of piperidine rings is 1. The van der Waals surface area contributed by atoms with E-state index in [0.717, 1.165) is 24.3 Å². The standard InChI is InChI=1S/C23H28N2O4/c1-28-20-11-9-18(10-12-20)23(27)25-15-13-19(14-16-25)24-22(26)8-5-17-29-21-6-3-2-4-7-21/h2-4,6-7,9-12,19H,5,8,13-17H2,1H3,(H,24,26). The Morgan fingerprint density at radius 1 is 1.00 bits per heavy atom. The maximum absolute atomic E-state index is 12.6. The van der Waals surface area contributed by atoms with Gasteiger partial charge in [0.05, 0.1) is 13.7 Å². The summed E-state index contributed by atoms with van der Waals surface area (Å²) in [5, 5.41) is 3.08. The number of nitrogens with one attached hydrogen (secondary N) is 1. The second-order valence-electron chi connectivity index (χ2n) is 7.13. The van der Waals surface area contributed by atoms with Crippen LogP contribution >= 0.6 is 0 Å². The van der Waals surface area contributed by atoms with Crippen LogP contribution in [0, 0.1) is 0 Å². The number of methoxy groups -OCH3 is 1. The van der Waals surface area contributed by atoms with Gasteiger partial charge in [-0.15, -0.1) is 0 Å². The molecule has 2 amide bonds. The molecule has 6 heteroatoms. The smallest absolute Gasteiger partial charge is 0.253 e. The van der Waals surface area contributed by atoms with Gasteiger partial charge in [0, 0.05) is 31.1 Å². The molecule has 0 spiro atoms. The summed E-state index contributed by atoms with van der Waals surface area (Å²) in [6.45, 7) is 1.81. The molecule has 6 nitrogen and oxygen atoms in total. The molecule has 1 fully saturated rings. The van der Waals surface area contributed by atoms with Crippen LogP contribution in [0.25, 0.3) is 0 Å². The summed E-state index contributed by atoms with van der Waals surface area (Å²) < 4.78 is 10.7. The summed E-state index contributed by atoms with van der Waals surface area (Å²) in [7, 11) is 1.60. The molecule has 1 N–H and O–H groups in total. The van der Waals surface area contributed by atoms with Crippen molar-refractivity contribution in [1.29, 1.82) is 0 Å². The molecule has 154 valence electrons. The number of nitrogens with zero attached hydrogens (tertiary/aromatic N) is 1. The van der Waals surface area contributed by atoms with Crippen molar-refractivity contribution < 1.29 is 19.1 Å². The van der Waals surface area contributed by atoms with Crippen molar-refractivity contribution in [2.75, 3.05) is 26.8 Å². The second kappa shape index (κ2) is 10.5. The molecule has 1 aliphatic rings. The summed E-state index contributed by atoms with van der Waals surface area (Å²) in [6, 6.07) is 16.9. The van der Waals surface area contributed by atoms with Gasteiger partial charge in [-0.05, 0) is 55.7 Å². The van der Waals surface area contributed by atoms with Crippen LogP contribution in [0.1, 0.15) is 36.0 Å². The van der Waals surface area contributed by atoms with Crippen molar-refractivity contribution >= 4 is 11.8 Å². The third-order valence-corrected chi connectivity index (χ3v) is 5.04. The predicted octanol–water partition coefficient (Wildman–Crippen LogP) is 3.28. The van der Waals surface area contributed by atoms with Crippen LogP contribution in [0.5, 0.6) is 11.5 Å². The van der Waals surface area contributed by atoms with Gasteiger partial charge < -0.3 is 19.7 Å². The molecule has 1 heterocycles. The van der Waals surface area contributed by atoms with Gasteiger partial charge in [0.1, 0.15) is 11.5 Å². The summed E-state index contributed by atoms with van der Waals surface area (Å²) in [4.78, 5) is 26.6. The van der Waals surface area contributed by atoms with Gasteiger partial charge in [-0.1, -0.05) is 18.2 Å². The Morgan fingerprint density at radius 2 is 1.69 bits per heavy atom. The number of amides is 2. The largest absolute Gasteiger partial charge is 0.497 e. The molecular formula is C23H28N2O4. The lowest BCUT2D eigenvalue weighted by atomic mass is 10.0. The molecule has 3 rings (SSSR count). The van der Waals surface area contributed by atoms with E-state index in [1.54, 1.807) is 31.4 Å². The first-order valence-electron chi connectivity index (χ1n) is 10.1. The zero-order valence-corrected chi connectivity index (χ0v) is 16.8. The van der Waals surface area contributed by atoms with Crippen LogP contribution in [-0.2, 0) is 4.79 Å². The third-order valence-electron chi connectivity index (χ3n) is 5.04. The van der Waals surface area contributed by atoms with Gasteiger partial charge in [0.2, 0.25) is 5.91 Å². The molecule has 0 aliphatic carbocycles. The number of para-hydroxylation sites is 1. The van der Waals surface area contributed by atoms with E-state index in [0.29, 0.717) is 38.1 Å². The van der Waals surface area contributed by atoms with E-state index in [1.807, 2.05) is 35.2 Å². The Labute approximate surface area is 171 Å². The van der Waals surface area contributed by atoms with Crippen LogP contribution in [0.15, 0.2) is 54.6 Å². The highest BCUT2D eigenvalue weighted by Gasteiger charge is 2.24. The fourth-order valence-corrected chi connectivity index (χ4v) is 3.38. The molecule has 1 saturated heterocycles. The van der Waals surface area contributed by atoms with Gasteiger partial charge >= 0.3 is 0 Å². The molecule has 0 unspecified atom stereocenters. The fourth-order valence-electron chi connectivity index (χ4n) is 3.38. The van der Waals surface area contributed by atoms with Gasteiger partial charge in [0.25, 0.3) is 5.91 Å². The highest BCUT2D eigenvalue weighted by molar-refractivity contribution is 5.94. The SMILES string of the molecule is COc1ccc(C(=O)N2CCC(NC(=O)CCCOc3ccccc3)CC2)cc1. The van der Waals surface area contributed by atoms with Crippen LogP contribution < -0.4 is 14.8 Å². The Bertz CT molecular complexity index is 784. The van der Waals surface area contributed by atoms with Gasteiger partial charge in [-0.3, -0.25) is 9.59 Å². The average molecular weight is 396 g/mol. The Balaban J connectivity index is 1.34. The Kier molecular flexibility index (Phi) is 7.50. The first-order valence-corrected chi connectivity index (χ1v) is 10.1. The normalized spacial score (nSPS) is 14.3. The molecule has 2 aromatic rings. The number of carbonyl (C=O) groups is 2. The number of carbonyl (C=O) groups excluding carboxylic acids is 2. The molecule has 0 saturated carbocycles. The van der Waals surface area contributed by atoms with Crippen LogP contribution in [0.4, 0.5) is 0 Å². The van der Waals surface area contributed by atoms with Crippen LogP contribution in [0.2, 0.25) is 0 Å². The van der Waals surface area contributed by atoms with E-state index in [-0.39, 0.29) is 17.9 Å². The summed E-state index contributed by atoms with van der Waals surface area (Å²) in [6.07, 6.45) is 2.66. The fraction of sp³-hybridized carbons (Fsp3) is 0.391. The Morgan fingerprint density at radius 3 is 2.34 bits per heavy atom. The average Bonchev–Trinajstić information content (AvgIpc) is 2.77. The highest BCUT2D eigenvalue weighted by Crippen LogP contribution is 2.17. The minimum absolute atomic E-state index is 0.0236. The lowest BCUT2D eigenvalue weighted by Crippen LogP contribution is -2.46.